The summed E-state index contributed by atoms with van der Waals surface area (Å²) in [6.07, 6.45) is 4.38. The van der Waals surface area contributed by atoms with Crippen molar-refractivity contribution in [3.63, 3.8) is 0 Å². The van der Waals surface area contributed by atoms with E-state index >= 15 is 0 Å². The Balaban J connectivity index is 2.46. The van der Waals surface area contributed by atoms with E-state index < -0.39 is 0 Å². The SMILES string of the molecule is CC(C)=CC(=N)CC1CCCNC1=O. The van der Waals surface area contributed by atoms with Gasteiger partial charge in [-0.1, -0.05) is 5.57 Å². The Morgan fingerprint density at radius 1 is 1.64 bits per heavy atom. The van der Waals surface area contributed by atoms with E-state index in [9.17, 15) is 4.79 Å². The lowest BCUT2D eigenvalue weighted by Gasteiger charge is -2.21. The maximum Gasteiger partial charge on any atom is 0.223 e. The number of carbonyl (C=O) groups excluding carboxylic acids is 1. The lowest BCUT2D eigenvalue weighted by Crippen LogP contribution is -2.37. The van der Waals surface area contributed by atoms with Gasteiger partial charge in [-0.3, -0.25) is 4.79 Å². The van der Waals surface area contributed by atoms with Gasteiger partial charge < -0.3 is 10.7 Å². The van der Waals surface area contributed by atoms with Gasteiger partial charge in [0.15, 0.2) is 0 Å². The van der Waals surface area contributed by atoms with Crippen molar-refractivity contribution < 1.29 is 4.79 Å². The van der Waals surface area contributed by atoms with Gasteiger partial charge in [-0.05, 0) is 32.8 Å². The molecule has 0 aromatic carbocycles. The molecule has 0 aliphatic carbocycles. The summed E-state index contributed by atoms with van der Waals surface area (Å²) in [5.74, 6) is 0.134. The van der Waals surface area contributed by atoms with Crippen molar-refractivity contribution in [1.29, 1.82) is 5.41 Å². The molecule has 0 saturated carbocycles. The molecule has 3 heteroatoms. The molecule has 0 aromatic rings. The van der Waals surface area contributed by atoms with Crippen molar-refractivity contribution in [1.82, 2.24) is 5.32 Å². The summed E-state index contributed by atoms with van der Waals surface area (Å²) in [5, 5.41) is 10.5. The number of allylic oxidation sites excluding steroid dienone is 2. The second-order valence-electron chi connectivity index (χ2n) is 4.08. The molecule has 1 unspecified atom stereocenters. The Bertz CT molecular complexity index is 264. The minimum absolute atomic E-state index is 0.0202. The first-order chi connectivity index (χ1) is 6.59. The molecule has 1 atom stereocenters. The maximum absolute atomic E-state index is 11.4. The van der Waals surface area contributed by atoms with Gasteiger partial charge in [0.1, 0.15) is 0 Å². The Labute approximate surface area is 85.1 Å². The summed E-state index contributed by atoms with van der Waals surface area (Å²) < 4.78 is 0. The number of nitrogens with one attached hydrogen (secondary N) is 2. The molecule has 78 valence electrons. The molecule has 1 saturated heterocycles. The number of amides is 1. The van der Waals surface area contributed by atoms with Gasteiger partial charge in [-0.15, -0.1) is 0 Å². The highest BCUT2D eigenvalue weighted by molar-refractivity contribution is 5.96. The quantitative estimate of drug-likeness (QED) is 0.662. The number of hydrogen-bond acceptors (Lipinski definition) is 2. The van der Waals surface area contributed by atoms with Crippen LogP contribution in [0, 0.1) is 11.3 Å². The predicted molar refractivity (Wildman–Crippen MR) is 57.5 cm³/mol. The highest BCUT2D eigenvalue weighted by Crippen LogP contribution is 2.16. The van der Waals surface area contributed by atoms with Crippen molar-refractivity contribution in [3.8, 4) is 0 Å². The van der Waals surface area contributed by atoms with Crippen LogP contribution in [-0.2, 0) is 4.79 Å². The Morgan fingerprint density at radius 3 is 2.93 bits per heavy atom. The molecule has 1 heterocycles. The van der Waals surface area contributed by atoms with Crippen LogP contribution in [-0.4, -0.2) is 18.2 Å². The third-order valence-electron chi connectivity index (χ3n) is 2.33. The Morgan fingerprint density at radius 2 is 2.36 bits per heavy atom. The van der Waals surface area contributed by atoms with E-state index in [2.05, 4.69) is 5.32 Å². The highest BCUT2D eigenvalue weighted by Gasteiger charge is 2.22. The van der Waals surface area contributed by atoms with Gasteiger partial charge in [0.05, 0.1) is 0 Å². The average Bonchev–Trinajstić information content (AvgIpc) is 2.07. The van der Waals surface area contributed by atoms with E-state index in [-0.39, 0.29) is 11.8 Å². The Hall–Kier alpha value is -1.12. The number of piperidine rings is 1. The second kappa shape index (κ2) is 4.94. The summed E-state index contributed by atoms with van der Waals surface area (Å²) >= 11 is 0. The van der Waals surface area contributed by atoms with Crippen molar-refractivity contribution in [2.45, 2.75) is 33.1 Å². The third kappa shape index (κ3) is 3.32. The van der Waals surface area contributed by atoms with Crippen LogP contribution in [0.5, 0.6) is 0 Å². The van der Waals surface area contributed by atoms with Crippen molar-refractivity contribution in [2.75, 3.05) is 6.54 Å². The molecule has 14 heavy (non-hydrogen) atoms. The van der Waals surface area contributed by atoms with Gasteiger partial charge in [0.25, 0.3) is 0 Å². The lowest BCUT2D eigenvalue weighted by molar-refractivity contribution is -0.126. The van der Waals surface area contributed by atoms with E-state index in [0.29, 0.717) is 12.1 Å². The first-order valence-corrected chi connectivity index (χ1v) is 5.09. The monoisotopic (exact) mass is 194 g/mol. The van der Waals surface area contributed by atoms with Crippen molar-refractivity contribution in [2.24, 2.45) is 5.92 Å². The average molecular weight is 194 g/mol. The van der Waals surface area contributed by atoms with Gasteiger partial charge in [-0.2, -0.15) is 0 Å². The minimum atomic E-state index is 0.0202. The summed E-state index contributed by atoms with van der Waals surface area (Å²) in [6, 6.07) is 0. The van der Waals surface area contributed by atoms with Crippen LogP contribution < -0.4 is 5.32 Å². The fourth-order valence-corrected chi connectivity index (χ4v) is 1.70. The van der Waals surface area contributed by atoms with Gasteiger partial charge in [-0.25, -0.2) is 0 Å². The van der Waals surface area contributed by atoms with E-state index in [0.717, 1.165) is 25.0 Å². The van der Waals surface area contributed by atoms with E-state index in [1.807, 2.05) is 19.9 Å². The largest absolute Gasteiger partial charge is 0.356 e. The summed E-state index contributed by atoms with van der Waals surface area (Å²) in [7, 11) is 0. The zero-order valence-electron chi connectivity index (χ0n) is 8.89. The predicted octanol–water partition coefficient (Wildman–Crippen LogP) is 1.89. The van der Waals surface area contributed by atoms with E-state index in [1.54, 1.807) is 0 Å². The molecule has 1 aliphatic rings. The maximum atomic E-state index is 11.4. The van der Waals surface area contributed by atoms with E-state index in [1.165, 1.54) is 0 Å². The van der Waals surface area contributed by atoms with Crippen LogP contribution in [0.15, 0.2) is 11.6 Å². The van der Waals surface area contributed by atoms with Crippen LogP contribution in [0.4, 0.5) is 0 Å². The molecule has 0 spiro atoms. The molecular weight excluding hydrogens is 176 g/mol. The summed E-state index contributed by atoms with van der Waals surface area (Å²) in [5.41, 5.74) is 1.68. The van der Waals surface area contributed by atoms with Crippen molar-refractivity contribution >= 4 is 11.6 Å². The number of rotatable bonds is 3. The molecular formula is C11H18N2O. The normalized spacial score (nSPS) is 21.3. The van der Waals surface area contributed by atoms with Crippen LogP contribution >= 0.6 is 0 Å². The molecule has 1 amide bonds. The minimum Gasteiger partial charge on any atom is -0.356 e. The van der Waals surface area contributed by atoms with E-state index in [4.69, 9.17) is 5.41 Å². The van der Waals surface area contributed by atoms with Gasteiger partial charge in [0, 0.05) is 24.6 Å². The van der Waals surface area contributed by atoms with Crippen LogP contribution in [0.3, 0.4) is 0 Å². The Kier molecular flexibility index (Phi) is 3.86. The molecule has 3 nitrogen and oxygen atoms in total. The zero-order valence-corrected chi connectivity index (χ0v) is 8.89. The molecule has 0 radical (unpaired) electrons. The summed E-state index contributed by atoms with van der Waals surface area (Å²) in [6.45, 7) is 4.73. The zero-order chi connectivity index (χ0) is 10.6. The fourth-order valence-electron chi connectivity index (χ4n) is 1.70. The topological polar surface area (TPSA) is 53.0 Å². The van der Waals surface area contributed by atoms with Gasteiger partial charge in [0.2, 0.25) is 5.91 Å². The summed E-state index contributed by atoms with van der Waals surface area (Å²) in [4.78, 5) is 11.4. The van der Waals surface area contributed by atoms with Crippen LogP contribution in [0.25, 0.3) is 0 Å². The van der Waals surface area contributed by atoms with Crippen LogP contribution in [0.1, 0.15) is 33.1 Å². The molecule has 0 aromatic heterocycles. The second-order valence-corrected chi connectivity index (χ2v) is 4.08. The molecule has 1 fully saturated rings. The first kappa shape index (κ1) is 11.0. The van der Waals surface area contributed by atoms with Crippen LogP contribution in [0.2, 0.25) is 0 Å². The third-order valence-corrected chi connectivity index (χ3v) is 2.33. The lowest BCUT2D eigenvalue weighted by atomic mass is 9.92. The smallest absolute Gasteiger partial charge is 0.223 e. The standard InChI is InChI=1S/C11H18N2O/c1-8(2)6-10(12)7-9-4-3-5-13-11(9)14/h6,9,12H,3-5,7H2,1-2H3,(H,13,14). The number of hydrogen-bond donors (Lipinski definition) is 2. The van der Waals surface area contributed by atoms with Gasteiger partial charge >= 0.3 is 0 Å². The molecule has 1 aliphatic heterocycles. The highest BCUT2D eigenvalue weighted by atomic mass is 16.1. The molecule has 2 N–H and O–H groups in total. The number of carbonyl (C=O) groups is 1. The fraction of sp³-hybridized carbons (Fsp3) is 0.636. The first-order valence-electron chi connectivity index (χ1n) is 5.09. The molecule has 0 bridgehead atoms. The van der Waals surface area contributed by atoms with Crippen molar-refractivity contribution in [3.05, 3.63) is 11.6 Å². The molecule has 1 rings (SSSR count).